The highest BCUT2D eigenvalue weighted by Crippen LogP contribution is 2.34. The minimum absolute atomic E-state index is 0.0834. The maximum atomic E-state index is 11.1. The smallest absolute Gasteiger partial charge is 0.293 e. The second-order valence-corrected chi connectivity index (χ2v) is 5.32. The number of carbonyl (C=O) groups is 1. The van der Waals surface area contributed by atoms with E-state index in [1.807, 2.05) is 0 Å². The molecule has 0 radical (unpaired) electrons. The summed E-state index contributed by atoms with van der Waals surface area (Å²) in [4.78, 5) is 26.0. The lowest BCUT2D eigenvalue weighted by molar-refractivity contribution is -0.383. The highest BCUT2D eigenvalue weighted by Gasteiger charge is 2.20. The van der Waals surface area contributed by atoms with E-state index in [0.29, 0.717) is 32.8 Å². The van der Waals surface area contributed by atoms with Gasteiger partial charge in [-0.3, -0.25) is 14.9 Å². The molecule has 0 aliphatic heterocycles. The molecule has 0 amide bonds. The lowest BCUT2D eigenvalue weighted by Gasteiger charge is -2.04. The van der Waals surface area contributed by atoms with E-state index < -0.39 is 11.7 Å². The Bertz CT molecular complexity index is 852. The summed E-state index contributed by atoms with van der Waals surface area (Å²) in [6, 6.07) is 6.42. The van der Waals surface area contributed by atoms with Crippen LogP contribution in [-0.2, 0) is 6.73 Å². The molecule has 0 aliphatic carbocycles. The number of aromatic nitrogens is 2. The summed E-state index contributed by atoms with van der Waals surface area (Å²) in [5.74, 6) is 0. The van der Waals surface area contributed by atoms with Gasteiger partial charge in [0.25, 0.3) is 5.69 Å². The van der Waals surface area contributed by atoms with Crippen LogP contribution < -0.4 is 0 Å². The molecule has 106 valence electrons. The maximum absolute atomic E-state index is 11.1. The zero-order valence-corrected chi connectivity index (χ0v) is 11.4. The summed E-state index contributed by atoms with van der Waals surface area (Å²) in [5.41, 5.74) is 0.794. The Morgan fingerprint density at radius 3 is 2.90 bits per heavy atom. The quantitative estimate of drug-likeness (QED) is 0.453. The third-order valence-electron chi connectivity index (χ3n) is 3.10. The third-order valence-corrected chi connectivity index (χ3v) is 4.04. The summed E-state index contributed by atoms with van der Waals surface area (Å²) in [5, 5.41) is 21.9. The number of para-hydroxylation sites is 1. The van der Waals surface area contributed by atoms with E-state index in [9.17, 15) is 20.0 Å². The van der Waals surface area contributed by atoms with Crippen molar-refractivity contribution in [2.24, 2.45) is 0 Å². The molecule has 0 unspecified atom stereocenters. The molecule has 0 saturated carbocycles. The molecule has 3 rings (SSSR count). The van der Waals surface area contributed by atoms with Crippen molar-refractivity contribution in [3.05, 3.63) is 45.5 Å². The van der Waals surface area contributed by atoms with Gasteiger partial charge in [-0.2, -0.15) is 0 Å². The molecule has 7 nitrogen and oxygen atoms in total. The number of aliphatic hydroxyl groups is 1. The second kappa shape index (κ2) is 5.08. The zero-order valence-electron chi connectivity index (χ0n) is 10.6. The van der Waals surface area contributed by atoms with Crippen LogP contribution in [0.2, 0.25) is 0 Å². The summed E-state index contributed by atoms with van der Waals surface area (Å²) < 4.78 is 1.42. The molecule has 0 spiro atoms. The molecule has 2 heterocycles. The Kier molecular flexibility index (Phi) is 3.24. The fraction of sp³-hybridized carbons (Fsp3) is 0.0769. The number of fused-ring (bicyclic) bond motifs is 1. The molecule has 0 bridgehead atoms. The first-order valence-corrected chi connectivity index (χ1v) is 6.76. The molecule has 1 aromatic carbocycles. The van der Waals surface area contributed by atoms with Crippen LogP contribution in [0.5, 0.6) is 0 Å². The standard InChI is InChI=1S/C13H9N3O4S/c17-6-9-5-14-13(21-9)11-4-8-2-1-3-10(16(19)20)12(8)15(11)7-18/h1-6,18H,7H2. The van der Waals surface area contributed by atoms with Crippen LogP contribution in [0.25, 0.3) is 21.6 Å². The highest BCUT2D eigenvalue weighted by molar-refractivity contribution is 7.16. The van der Waals surface area contributed by atoms with Crippen molar-refractivity contribution in [3.63, 3.8) is 0 Å². The topological polar surface area (TPSA) is 98.3 Å². The van der Waals surface area contributed by atoms with Crippen molar-refractivity contribution >= 4 is 34.2 Å². The van der Waals surface area contributed by atoms with Gasteiger partial charge < -0.3 is 9.67 Å². The Balaban J connectivity index is 2.31. The Morgan fingerprint density at radius 2 is 2.29 bits per heavy atom. The first kappa shape index (κ1) is 13.4. The van der Waals surface area contributed by atoms with Crippen molar-refractivity contribution in [2.45, 2.75) is 6.73 Å². The molecule has 8 heteroatoms. The van der Waals surface area contributed by atoms with Crippen LogP contribution in [0.4, 0.5) is 5.69 Å². The molecule has 0 aliphatic rings. The number of carbonyl (C=O) groups excluding carboxylic acids is 1. The van der Waals surface area contributed by atoms with E-state index in [-0.39, 0.29) is 5.69 Å². The minimum Gasteiger partial charge on any atom is -0.376 e. The molecule has 0 fully saturated rings. The molecular weight excluding hydrogens is 294 g/mol. The van der Waals surface area contributed by atoms with Crippen LogP contribution in [0.3, 0.4) is 0 Å². The average molecular weight is 303 g/mol. The Hall–Kier alpha value is -2.58. The molecular formula is C13H9N3O4S. The molecule has 0 atom stereocenters. The van der Waals surface area contributed by atoms with Crippen molar-refractivity contribution in [2.75, 3.05) is 0 Å². The number of nitro groups is 1. The lowest BCUT2D eigenvalue weighted by Crippen LogP contribution is -2.01. The monoisotopic (exact) mass is 303 g/mol. The number of benzene rings is 1. The van der Waals surface area contributed by atoms with E-state index in [2.05, 4.69) is 4.98 Å². The first-order valence-electron chi connectivity index (χ1n) is 5.94. The fourth-order valence-electron chi connectivity index (χ4n) is 2.24. The summed E-state index contributed by atoms with van der Waals surface area (Å²) in [6.45, 7) is -0.417. The number of nitrogens with zero attached hydrogens (tertiary/aromatic N) is 3. The normalized spacial score (nSPS) is 10.9. The molecule has 0 saturated heterocycles. The van der Waals surface area contributed by atoms with Gasteiger partial charge in [0, 0.05) is 17.6 Å². The summed E-state index contributed by atoms with van der Waals surface area (Å²) in [7, 11) is 0. The van der Waals surface area contributed by atoms with Crippen LogP contribution in [0.15, 0.2) is 30.5 Å². The van der Waals surface area contributed by atoms with Crippen molar-refractivity contribution in [1.29, 1.82) is 0 Å². The Labute approximate surface area is 122 Å². The Morgan fingerprint density at radius 1 is 1.48 bits per heavy atom. The van der Waals surface area contributed by atoms with Crippen molar-refractivity contribution in [3.8, 4) is 10.7 Å². The highest BCUT2D eigenvalue weighted by atomic mass is 32.1. The largest absolute Gasteiger partial charge is 0.376 e. The van der Waals surface area contributed by atoms with Crippen LogP contribution in [0.1, 0.15) is 9.67 Å². The number of hydrogen-bond acceptors (Lipinski definition) is 6. The molecule has 2 aromatic heterocycles. The van der Waals surface area contributed by atoms with Gasteiger partial charge in [0.1, 0.15) is 17.3 Å². The van der Waals surface area contributed by atoms with Crippen molar-refractivity contribution < 1.29 is 14.8 Å². The second-order valence-electron chi connectivity index (χ2n) is 4.26. The summed E-state index contributed by atoms with van der Waals surface area (Å²) in [6.07, 6.45) is 2.12. The van der Waals surface area contributed by atoms with E-state index >= 15 is 0 Å². The fourth-order valence-corrected chi connectivity index (χ4v) is 2.99. The predicted molar refractivity (Wildman–Crippen MR) is 77.3 cm³/mol. The number of aliphatic hydroxyl groups excluding tert-OH is 1. The van der Waals surface area contributed by atoms with E-state index in [0.717, 1.165) is 11.3 Å². The average Bonchev–Trinajstić information content (AvgIpc) is 3.10. The van der Waals surface area contributed by atoms with Crippen LogP contribution in [0, 0.1) is 10.1 Å². The van der Waals surface area contributed by atoms with Crippen LogP contribution >= 0.6 is 11.3 Å². The maximum Gasteiger partial charge on any atom is 0.293 e. The van der Waals surface area contributed by atoms with E-state index in [1.54, 1.807) is 18.2 Å². The van der Waals surface area contributed by atoms with Gasteiger partial charge >= 0.3 is 0 Å². The van der Waals surface area contributed by atoms with Gasteiger partial charge in [0.2, 0.25) is 0 Å². The minimum atomic E-state index is -0.489. The van der Waals surface area contributed by atoms with Gasteiger partial charge in [-0.15, -0.1) is 11.3 Å². The molecule has 3 aromatic rings. The number of rotatable bonds is 4. The van der Waals surface area contributed by atoms with Crippen molar-refractivity contribution in [1.82, 2.24) is 9.55 Å². The first-order chi connectivity index (χ1) is 10.2. The van der Waals surface area contributed by atoms with Gasteiger partial charge in [0.05, 0.1) is 15.5 Å². The molecule has 21 heavy (non-hydrogen) atoms. The summed E-state index contributed by atoms with van der Waals surface area (Å²) >= 11 is 1.16. The van der Waals surface area contributed by atoms with Crippen LogP contribution in [-0.4, -0.2) is 25.9 Å². The number of nitro benzene ring substituents is 1. The van der Waals surface area contributed by atoms with Gasteiger partial charge in [0.15, 0.2) is 6.29 Å². The lowest BCUT2D eigenvalue weighted by atomic mass is 10.2. The number of hydrogen-bond donors (Lipinski definition) is 1. The number of non-ortho nitro benzene ring substituents is 1. The van der Waals surface area contributed by atoms with Gasteiger partial charge in [-0.05, 0) is 6.07 Å². The number of thiazole rings is 1. The number of aldehydes is 1. The zero-order chi connectivity index (χ0) is 15.0. The van der Waals surface area contributed by atoms with Gasteiger partial charge in [-0.1, -0.05) is 12.1 Å². The predicted octanol–water partition coefficient (Wildman–Crippen LogP) is 2.44. The van der Waals surface area contributed by atoms with Gasteiger partial charge in [-0.25, -0.2) is 4.98 Å². The van der Waals surface area contributed by atoms with E-state index in [1.165, 1.54) is 16.8 Å². The van der Waals surface area contributed by atoms with E-state index in [4.69, 9.17) is 0 Å². The SMILES string of the molecule is O=Cc1cnc(-c2cc3cccc([N+](=O)[O-])c3n2CO)s1. The molecule has 1 N–H and O–H groups in total. The third kappa shape index (κ3) is 2.10.